The van der Waals surface area contributed by atoms with Crippen molar-refractivity contribution in [2.24, 2.45) is 0 Å². The van der Waals surface area contributed by atoms with Gasteiger partial charge in [-0.05, 0) is 108 Å². The smallest absolute Gasteiger partial charge is 0.0546 e. The van der Waals surface area contributed by atoms with Gasteiger partial charge in [-0.25, -0.2) is 0 Å². The molecule has 9 aromatic carbocycles. The highest BCUT2D eigenvalue weighted by molar-refractivity contribution is 6.09. The predicted molar refractivity (Wildman–Crippen MR) is 214 cm³/mol. The molecule has 1 aliphatic carbocycles. The monoisotopic (exact) mass is 637 g/mol. The lowest BCUT2D eigenvalue weighted by Crippen LogP contribution is -2.17. The summed E-state index contributed by atoms with van der Waals surface area (Å²) in [4.78, 5) is 2.51. The van der Waals surface area contributed by atoms with E-state index >= 15 is 0 Å². The van der Waals surface area contributed by atoms with Gasteiger partial charge in [-0.1, -0.05) is 147 Å². The van der Waals surface area contributed by atoms with Gasteiger partial charge < -0.3 is 4.90 Å². The molecular formula is C49H35N. The van der Waals surface area contributed by atoms with Crippen LogP contribution in [-0.4, -0.2) is 0 Å². The Morgan fingerprint density at radius 3 is 1.74 bits per heavy atom. The van der Waals surface area contributed by atoms with Crippen molar-refractivity contribution < 1.29 is 0 Å². The Hall–Kier alpha value is -6.18. The van der Waals surface area contributed by atoms with Crippen molar-refractivity contribution in [2.75, 3.05) is 4.90 Å². The molecule has 0 heterocycles. The van der Waals surface area contributed by atoms with Crippen molar-refractivity contribution in [2.45, 2.75) is 19.3 Å². The van der Waals surface area contributed by atoms with E-state index in [0.717, 1.165) is 11.4 Å². The maximum atomic E-state index is 2.51. The zero-order valence-corrected chi connectivity index (χ0v) is 28.2. The molecule has 1 aliphatic rings. The van der Waals surface area contributed by atoms with Crippen molar-refractivity contribution in [1.29, 1.82) is 0 Å². The number of rotatable bonds is 4. The number of hydrogen-bond donors (Lipinski definition) is 0. The van der Waals surface area contributed by atoms with Crippen LogP contribution in [0.25, 0.3) is 65.3 Å². The van der Waals surface area contributed by atoms with Gasteiger partial charge in [0.05, 0.1) is 11.4 Å². The quantitative estimate of drug-likeness (QED) is 0.186. The third-order valence-electron chi connectivity index (χ3n) is 11.0. The van der Waals surface area contributed by atoms with E-state index in [-0.39, 0.29) is 5.41 Å². The molecule has 10 rings (SSSR count). The average molecular weight is 638 g/mol. The van der Waals surface area contributed by atoms with Crippen LogP contribution in [-0.2, 0) is 5.41 Å². The molecule has 0 unspecified atom stereocenters. The standard InChI is InChI=1S/C49H35N/c1-49(2)44-30-37-17-6-5-16-36(37)29-43(44)42-26-25-39(31-45(42)49)50(46-21-11-18-33-13-7-9-19-40(33)46)47-27-24-34-14-8-10-20-41(34)48(47)38-23-22-32-12-3-4-15-35(32)28-38/h3-31H,1-2H3. The zero-order chi connectivity index (χ0) is 33.4. The summed E-state index contributed by atoms with van der Waals surface area (Å²) in [6.07, 6.45) is 0. The van der Waals surface area contributed by atoms with Gasteiger partial charge in [0.25, 0.3) is 0 Å². The molecule has 0 amide bonds. The van der Waals surface area contributed by atoms with Crippen LogP contribution in [0.2, 0.25) is 0 Å². The van der Waals surface area contributed by atoms with E-state index < -0.39 is 0 Å². The van der Waals surface area contributed by atoms with Crippen LogP contribution in [0.4, 0.5) is 17.1 Å². The molecular weight excluding hydrogens is 603 g/mol. The summed E-state index contributed by atoms with van der Waals surface area (Å²) in [6.45, 7) is 4.77. The summed E-state index contributed by atoms with van der Waals surface area (Å²) in [5.74, 6) is 0. The summed E-state index contributed by atoms with van der Waals surface area (Å²) in [7, 11) is 0. The largest absolute Gasteiger partial charge is 0.309 e. The molecule has 0 aromatic heterocycles. The maximum Gasteiger partial charge on any atom is 0.0546 e. The molecule has 1 nitrogen and oxygen atoms in total. The van der Waals surface area contributed by atoms with Gasteiger partial charge in [0.1, 0.15) is 0 Å². The van der Waals surface area contributed by atoms with Crippen LogP contribution < -0.4 is 4.90 Å². The van der Waals surface area contributed by atoms with Crippen LogP contribution in [0.5, 0.6) is 0 Å². The molecule has 236 valence electrons. The topological polar surface area (TPSA) is 3.24 Å². The third-order valence-corrected chi connectivity index (χ3v) is 11.0. The van der Waals surface area contributed by atoms with Crippen LogP contribution in [0.3, 0.4) is 0 Å². The molecule has 50 heavy (non-hydrogen) atoms. The lowest BCUT2D eigenvalue weighted by molar-refractivity contribution is 0.661. The number of nitrogens with zero attached hydrogens (tertiary/aromatic N) is 1. The maximum absolute atomic E-state index is 2.51. The Bertz CT molecular complexity index is 2800. The Balaban J connectivity index is 1.27. The molecule has 0 fully saturated rings. The van der Waals surface area contributed by atoms with Crippen molar-refractivity contribution in [1.82, 2.24) is 0 Å². The van der Waals surface area contributed by atoms with E-state index in [2.05, 4.69) is 195 Å². The van der Waals surface area contributed by atoms with Crippen LogP contribution in [0, 0.1) is 0 Å². The Kier molecular flexibility index (Phi) is 6.29. The van der Waals surface area contributed by atoms with Gasteiger partial charge in [0, 0.05) is 22.1 Å². The average Bonchev–Trinajstić information content (AvgIpc) is 3.38. The summed E-state index contributed by atoms with van der Waals surface area (Å²) >= 11 is 0. The van der Waals surface area contributed by atoms with Gasteiger partial charge in [-0.15, -0.1) is 0 Å². The zero-order valence-electron chi connectivity index (χ0n) is 28.2. The third kappa shape index (κ3) is 4.33. The predicted octanol–water partition coefficient (Wildman–Crippen LogP) is 13.7. The van der Waals surface area contributed by atoms with E-state index in [1.54, 1.807) is 0 Å². The van der Waals surface area contributed by atoms with Gasteiger partial charge in [0.2, 0.25) is 0 Å². The first kappa shape index (κ1) is 28.8. The second-order valence-corrected chi connectivity index (χ2v) is 14.2. The first-order valence-corrected chi connectivity index (χ1v) is 17.5. The van der Waals surface area contributed by atoms with Gasteiger partial charge in [-0.2, -0.15) is 0 Å². The molecule has 9 aromatic rings. The fourth-order valence-corrected chi connectivity index (χ4v) is 8.45. The first-order valence-electron chi connectivity index (χ1n) is 17.5. The summed E-state index contributed by atoms with van der Waals surface area (Å²) in [5.41, 5.74) is 11.2. The van der Waals surface area contributed by atoms with Crippen molar-refractivity contribution in [3.05, 3.63) is 187 Å². The SMILES string of the molecule is CC1(C)c2cc(N(c3ccc4ccccc4c3-c3ccc4ccccc4c3)c3cccc4ccccc34)ccc2-c2cc3ccccc3cc21. The van der Waals surface area contributed by atoms with Crippen molar-refractivity contribution in [3.63, 3.8) is 0 Å². The lowest BCUT2D eigenvalue weighted by Gasteiger charge is -2.31. The molecule has 0 saturated carbocycles. The highest BCUT2D eigenvalue weighted by Crippen LogP contribution is 2.53. The summed E-state index contributed by atoms with van der Waals surface area (Å²) < 4.78 is 0. The number of fused-ring (bicyclic) bond motifs is 7. The first-order chi connectivity index (χ1) is 24.5. The minimum absolute atomic E-state index is 0.153. The van der Waals surface area contributed by atoms with Crippen LogP contribution in [0.15, 0.2) is 176 Å². The Labute approximate surface area is 292 Å². The number of benzene rings is 9. The van der Waals surface area contributed by atoms with Gasteiger partial charge >= 0.3 is 0 Å². The number of hydrogen-bond acceptors (Lipinski definition) is 1. The van der Waals surface area contributed by atoms with E-state index in [9.17, 15) is 0 Å². The Morgan fingerprint density at radius 2 is 0.960 bits per heavy atom. The van der Waals surface area contributed by atoms with E-state index in [0.29, 0.717) is 0 Å². The summed E-state index contributed by atoms with van der Waals surface area (Å²) in [6, 6.07) is 65.1. The fourth-order valence-electron chi connectivity index (χ4n) is 8.45. The van der Waals surface area contributed by atoms with Gasteiger partial charge in [0.15, 0.2) is 0 Å². The molecule has 0 atom stereocenters. The normalized spacial score (nSPS) is 13.2. The minimum atomic E-state index is -0.153. The minimum Gasteiger partial charge on any atom is -0.309 e. The Morgan fingerprint density at radius 1 is 0.380 bits per heavy atom. The molecule has 0 N–H and O–H groups in total. The molecule has 0 spiro atoms. The molecule has 0 radical (unpaired) electrons. The molecule has 0 saturated heterocycles. The van der Waals surface area contributed by atoms with E-state index in [4.69, 9.17) is 0 Å². The van der Waals surface area contributed by atoms with E-state index in [1.165, 1.54) is 82.2 Å². The van der Waals surface area contributed by atoms with E-state index in [1.807, 2.05) is 0 Å². The molecule has 1 heteroatoms. The van der Waals surface area contributed by atoms with Crippen molar-refractivity contribution in [3.8, 4) is 22.3 Å². The molecule has 0 aliphatic heterocycles. The highest BCUT2D eigenvalue weighted by Gasteiger charge is 2.36. The van der Waals surface area contributed by atoms with Crippen molar-refractivity contribution >= 4 is 60.2 Å². The summed E-state index contributed by atoms with van der Waals surface area (Å²) in [5, 5.41) is 9.99. The lowest BCUT2D eigenvalue weighted by atomic mass is 9.81. The number of anilines is 3. The van der Waals surface area contributed by atoms with Crippen LogP contribution >= 0.6 is 0 Å². The fraction of sp³-hybridized carbons (Fsp3) is 0.0612. The highest BCUT2D eigenvalue weighted by atomic mass is 15.1. The second kappa shape index (κ2) is 10.9. The van der Waals surface area contributed by atoms with Gasteiger partial charge in [-0.3, -0.25) is 0 Å². The molecule has 0 bridgehead atoms. The van der Waals surface area contributed by atoms with Crippen LogP contribution in [0.1, 0.15) is 25.0 Å². The second-order valence-electron chi connectivity index (χ2n) is 14.2.